The monoisotopic (exact) mass is 519 g/mol. The van der Waals surface area contributed by atoms with Crippen LogP contribution >= 0.6 is 22.7 Å². The van der Waals surface area contributed by atoms with E-state index >= 15 is 0 Å². The van der Waals surface area contributed by atoms with Crippen LogP contribution in [0.2, 0.25) is 0 Å². The van der Waals surface area contributed by atoms with E-state index in [2.05, 4.69) is 15.6 Å². The van der Waals surface area contributed by atoms with E-state index in [1.54, 1.807) is 17.5 Å². The Bertz CT molecular complexity index is 1300. The van der Waals surface area contributed by atoms with Gasteiger partial charge in [-0.2, -0.15) is 0 Å². The van der Waals surface area contributed by atoms with Crippen molar-refractivity contribution in [2.75, 3.05) is 5.32 Å². The Labute approximate surface area is 219 Å². The quantitative estimate of drug-likeness (QED) is 0.246. The lowest BCUT2D eigenvalue weighted by atomic mass is 10.1. The molecule has 4 rings (SSSR count). The van der Waals surface area contributed by atoms with E-state index in [9.17, 15) is 9.59 Å². The van der Waals surface area contributed by atoms with Crippen molar-refractivity contribution in [3.8, 4) is 16.2 Å². The Morgan fingerprint density at radius 3 is 2.53 bits per heavy atom. The Balaban J connectivity index is 1.40. The van der Waals surface area contributed by atoms with Crippen LogP contribution in [0.15, 0.2) is 72.9 Å². The van der Waals surface area contributed by atoms with E-state index in [0.29, 0.717) is 18.2 Å². The van der Waals surface area contributed by atoms with E-state index in [0.717, 1.165) is 37.9 Å². The molecule has 2 amide bonds. The Kier molecular flexibility index (Phi) is 8.86. The molecule has 186 valence electrons. The smallest absolute Gasteiger partial charge is 0.248 e. The van der Waals surface area contributed by atoms with Gasteiger partial charge in [-0.3, -0.25) is 9.59 Å². The van der Waals surface area contributed by atoms with Crippen molar-refractivity contribution in [2.45, 2.75) is 45.8 Å². The van der Waals surface area contributed by atoms with Gasteiger partial charge in [-0.1, -0.05) is 67.1 Å². The lowest BCUT2D eigenvalue weighted by Crippen LogP contribution is -2.44. The zero-order valence-electron chi connectivity index (χ0n) is 20.3. The topological polar surface area (TPSA) is 80.3 Å². The number of hydrogen-bond donors (Lipinski definition) is 2. The van der Waals surface area contributed by atoms with Gasteiger partial charge in [-0.05, 0) is 48.7 Å². The van der Waals surface area contributed by atoms with Crippen LogP contribution in [0.4, 0.5) is 5.13 Å². The fourth-order valence-corrected chi connectivity index (χ4v) is 5.52. The van der Waals surface area contributed by atoms with Crippen LogP contribution in [0.1, 0.15) is 35.1 Å². The van der Waals surface area contributed by atoms with Gasteiger partial charge >= 0.3 is 0 Å². The molecule has 0 aliphatic heterocycles. The number of carbonyl (C=O) groups is 2. The number of thiazole rings is 1. The third-order valence-corrected chi connectivity index (χ3v) is 7.46. The predicted octanol–water partition coefficient (Wildman–Crippen LogP) is 6.23. The molecule has 36 heavy (non-hydrogen) atoms. The number of nitrogens with one attached hydrogen (secondary N) is 2. The number of carbonyl (C=O) groups excluding carboxylic acids is 2. The summed E-state index contributed by atoms with van der Waals surface area (Å²) in [6, 6.07) is 21.0. The number of anilines is 1. The average molecular weight is 520 g/mol. The number of amides is 2. The second-order valence-corrected chi connectivity index (χ2v) is 10.8. The zero-order chi connectivity index (χ0) is 25.3. The fourth-order valence-electron chi connectivity index (χ4n) is 3.75. The van der Waals surface area contributed by atoms with Crippen LogP contribution in [-0.2, 0) is 22.6 Å². The van der Waals surface area contributed by atoms with Crippen LogP contribution in [0, 0.1) is 6.92 Å². The number of para-hydroxylation sites is 1. The number of rotatable bonds is 11. The van der Waals surface area contributed by atoms with E-state index in [-0.39, 0.29) is 18.2 Å². The summed E-state index contributed by atoms with van der Waals surface area (Å²) < 4.78 is 5.94. The first-order chi connectivity index (χ1) is 17.5. The van der Waals surface area contributed by atoms with Gasteiger partial charge in [-0.25, -0.2) is 4.98 Å². The van der Waals surface area contributed by atoms with Gasteiger partial charge in [0, 0.05) is 16.0 Å². The first-order valence-corrected chi connectivity index (χ1v) is 13.5. The molecule has 2 N–H and O–H groups in total. The molecule has 0 spiro atoms. The van der Waals surface area contributed by atoms with Gasteiger partial charge in [0.1, 0.15) is 18.4 Å². The van der Waals surface area contributed by atoms with Gasteiger partial charge in [0.05, 0.1) is 11.3 Å². The number of aromatic nitrogens is 1. The molecule has 1 unspecified atom stereocenters. The number of hydrogen-bond acceptors (Lipinski definition) is 6. The minimum absolute atomic E-state index is 0.155. The van der Waals surface area contributed by atoms with Gasteiger partial charge in [0.15, 0.2) is 5.13 Å². The summed E-state index contributed by atoms with van der Waals surface area (Å²) in [6.45, 7) is 4.43. The van der Waals surface area contributed by atoms with Gasteiger partial charge in [0.25, 0.3) is 0 Å². The average Bonchev–Trinajstić information content (AvgIpc) is 3.51. The molecule has 0 radical (unpaired) electrons. The van der Waals surface area contributed by atoms with E-state index < -0.39 is 6.04 Å². The summed E-state index contributed by atoms with van der Waals surface area (Å²) in [5.74, 6) is 0.398. The molecular formula is C28H29N3O3S2. The van der Waals surface area contributed by atoms with Crippen molar-refractivity contribution in [1.29, 1.82) is 0 Å². The van der Waals surface area contributed by atoms with Crippen molar-refractivity contribution in [3.05, 3.63) is 88.2 Å². The molecule has 0 saturated heterocycles. The van der Waals surface area contributed by atoms with Gasteiger partial charge < -0.3 is 15.4 Å². The predicted molar refractivity (Wildman–Crippen MR) is 147 cm³/mol. The zero-order valence-corrected chi connectivity index (χ0v) is 22.0. The molecule has 0 bridgehead atoms. The van der Waals surface area contributed by atoms with Crippen molar-refractivity contribution in [2.24, 2.45) is 0 Å². The molecule has 2 aromatic carbocycles. The van der Waals surface area contributed by atoms with Crippen LogP contribution in [0.25, 0.3) is 10.4 Å². The summed E-state index contributed by atoms with van der Waals surface area (Å²) in [4.78, 5) is 33.0. The summed E-state index contributed by atoms with van der Waals surface area (Å²) in [5, 5.41) is 6.28. The summed E-state index contributed by atoms with van der Waals surface area (Å²) in [5.41, 5.74) is 2.04. The van der Waals surface area contributed by atoms with Gasteiger partial charge in [0.2, 0.25) is 11.8 Å². The summed E-state index contributed by atoms with van der Waals surface area (Å²) in [6.07, 6.45) is 3.36. The van der Waals surface area contributed by atoms with Crippen LogP contribution in [0.3, 0.4) is 0 Å². The highest BCUT2D eigenvalue weighted by Gasteiger charge is 2.22. The van der Waals surface area contributed by atoms with Crippen LogP contribution in [-0.4, -0.2) is 22.8 Å². The maximum Gasteiger partial charge on any atom is 0.248 e. The van der Waals surface area contributed by atoms with Crippen LogP contribution < -0.4 is 15.4 Å². The Hall–Kier alpha value is -3.49. The first-order valence-electron chi connectivity index (χ1n) is 11.9. The largest absolute Gasteiger partial charge is 0.489 e. The van der Waals surface area contributed by atoms with Crippen LogP contribution in [0.5, 0.6) is 5.75 Å². The van der Waals surface area contributed by atoms with E-state index in [4.69, 9.17) is 4.74 Å². The molecule has 0 aliphatic carbocycles. The van der Waals surface area contributed by atoms with E-state index in [1.807, 2.05) is 80.6 Å². The van der Waals surface area contributed by atoms with Crippen molar-refractivity contribution >= 4 is 39.6 Å². The fraction of sp³-hybridized carbons (Fsp3) is 0.250. The number of aryl methyl sites for hydroxylation is 1. The molecule has 2 heterocycles. The molecule has 1 atom stereocenters. The Morgan fingerprint density at radius 2 is 1.78 bits per heavy atom. The van der Waals surface area contributed by atoms with Crippen molar-refractivity contribution in [1.82, 2.24) is 10.3 Å². The molecule has 0 fully saturated rings. The third-order valence-electron chi connectivity index (χ3n) is 5.52. The number of benzene rings is 2. The summed E-state index contributed by atoms with van der Waals surface area (Å²) >= 11 is 2.99. The highest BCUT2D eigenvalue weighted by Crippen LogP contribution is 2.32. The standard InChI is InChI=1S/C28H29N3O3S2/c1-3-9-24(30-26(32)16-22-15-14-19(2)35-22)27(33)31-28-29-17-25(36-28)23-13-8-7-10-20(23)18-34-21-11-5-4-6-12-21/h4-8,10-15,17,24H,3,9,16,18H2,1-2H3,(H,30,32)(H,29,31,33). The number of ether oxygens (including phenoxy) is 1. The molecule has 4 aromatic rings. The number of thiophene rings is 1. The highest BCUT2D eigenvalue weighted by atomic mass is 32.1. The SMILES string of the molecule is CCCC(NC(=O)Cc1ccc(C)s1)C(=O)Nc1ncc(-c2ccccc2COc2ccccc2)s1. The van der Waals surface area contributed by atoms with E-state index in [1.165, 1.54) is 11.3 Å². The maximum atomic E-state index is 13.0. The molecule has 6 nitrogen and oxygen atoms in total. The van der Waals surface area contributed by atoms with Crippen molar-refractivity contribution < 1.29 is 14.3 Å². The molecule has 0 saturated carbocycles. The number of nitrogens with zero attached hydrogens (tertiary/aromatic N) is 1. The normalized spacial score (nSPS) is 11.6. The Morgan fingerprint density at radius 1 is 1.00 bits per heavy atom. The molecule has 0 aliphatic rings. The summed E-state index contributed by atoms with van der Waals surface area (Å²) in [7, 11) is 0. The maximum absolute atomic E-state index is 13.0. The minimum Gasteiger partial charge on any atom is -0.489 e. The molecule has 8 heteroatoms. The highest BCUT2D eigenvalue weighted by molar-refractivity contribution is 7.19. The molecule has 2 aromatic heterocycles. The second kappa shape index (κ2) is 12.5. The minimum atomic E-state index is -0.609. The van der Waals surface area contributed by atoms with Crippen molar-refractivity contribution in [3.63, 3.8) is 0 Å². The van der Waals surface area contributed by atoms with Gasteiger partial charge in [-0.15, -0.1) is 11.3 Å². The first kappa shape index (κ1) is 25.6. The lowest BCUT2D eigenvalue weighted by Gasteiger charge is -2.16. The lowest BCUT2D eigenvalue weighted by molar-refractivity contribution is -0.126. The third kappa shape index (κ3) is 7.02. The second-order valence-electron chi connectivity index (χ2n) is 8.38. The molecular weight excluding hydrogens is 490 g/mol.